The Balaban J connectivity index is 1.41. The molecule has 0 aliphatic carbocycles. The van der Waals surface area contributed by atoms with Crippen LogP contribution in [-0.2, 0) is 17.6 Å². The number of carbonyl (C=O) groups is 1. The lowest BCUT2D eigenvalue weighted by molar-refractivity contribution is -0.131. The van der Waals surface area contributed by atoms with Crippen LogP contribution in [0.15, 0.2) is 29.0 Å². The quantitative estimate of drug-likeness (QED) is 0.798. The number of nitrogens with zero attached hydrogens (tertiary/aromatic N) is 5. The molecule has 0 unspecified atom stereocenters. The van der Waals surface area contributed by atoms with Crippen LogP contribution in [-0.4, -0.2) is 53.1 Å². The fraction of sp³-hybridized carbons (Fsp3) is 0.556. The number of rotatable bonds is 6. The number of pyridine rings is 1. The molecule has 0 spiro atoms. The van der Waals surface area contributed by atoms with Gasteiger partial charge in [-0.15, -0.1) is 0 Å². The van der Waals surface area contributed by atoms with Crippen molar-refractivity contribution < 1.29 is 9.32 Å². The first-order valence-corrected chi connectivity index (χ1v) is 8.78. The predicted molar refractivity (Wildman–Crippen MR) is 94.2 cm³/mol. The highest BCUT2D eigenvalue weighted by Gasteiger charge is 2.23. The monoisotopic (exact) mass is 343 g/mol. The molecule has 3 rings (SSSR count). The molecule has 3 heterocycles. The van der Waals surface area contributed by atoms with Gasteiger partial charge in [0.2, 0.25) is 5.91 Å². The van der Waals surface area contributed by atoms with Gasteiger partial charge >= 0.3 is 6.01 Å². The average molecular weight is 343 g/mol. The third-order valence-corrected chi connectivity index (χ3v) is 4.69. The summed E-state index contributed by atoms with van der Waals surface area (Å²) >= 11 is 0. The van der Waals surface area contributed by atoms with Crippen molar-refractivity contribution in [1.82, 2.24) is 20.0 Å². The molecule has 0 aromatic carbocycles. The van der Waals surface area contributed by atoms with E-state index in [1.165, 1.54) is 0 Å². The van der Waals surface area contributed by atoms with Gasteiger partial charge in [0.1, 0.15) is 0 Å². The lowest BCUT2D eigenvalue weighted by Crippen LogP contribution is -2.39. The second-order valence-corrected chi connectivity index (χ2v) is 6.78. The first kappa shape index (κ1) is 17.4. The van der Waals surface area contributed by atoms with Gasteiger partial charge in [0, 0.05) is 46.0 Å². The van der Waals surface area contributed by atoms with Gasteiger partial charge in [-0.3, -0.25) is 9.78 Å². The van der Waals surface area contributed by atoms with E-state index in [1.54, 1.807) is 12.4 Å². The number of carbonyl (C=O) groups excluding carboxylic acids is 1. The molecule has 1 saturated heterocycles. The maximum absolute atomic E-state index is 12.4. The zero-order valence-electron chi connectivity index (χ0n) is 14.9. The fourth-order valence-corrected chi connectivity index (χ4v) is 3.12. The van der Waals surface area contributed by atoms with Gasteiger partial charge in [-0.2, -0.15) is 4.98 Å². The normalized spacial score (nSPS) is 15.4. The summed E-state index contributed by atoms with van der Waals surface area (Å²) in [5, 5.41) is 4.01. The summed E-state index contributed by atoms with van der Waals surface area (Å²) in [7, 11) is 3.77. The second kappa shape index (κ2) is 8.09. The number of amides is 1. The van der Waals surface area contributed by atoms with Crippen LogP contribution in [0.5, 0.6) is 0 Å². The van der Waals surface area contributed by atoms with Gasteiger partial charge in [-0.05, 0) is 42.9 Å². The highest BCUT2D eigenvalue weighted by Crippen LogP contribution is 2.23. The number of hydrogen-bond donors (Lipinski definition) is 0. The lowest BCUT2D eigenvalue weighted by atomic mass is 9.92. The summed E-state index contributed by atoms with van der Waals surface area (Å²) in [6, 6.07) is 4.35. The van der Waals surface area contributed by atoms with Crippen molar-refractivity contribution in [2.45, 2.75) is 32.1 Å². The Morgan fingerprint density at radius 2 is 2.00 bits per heavy atom. The number of aromatic nitrogens is 3. The van der Waals surface area contributed by atoms with Gasteiger partial charge in [0.05, 0.1) is 6.42 Å². The summed E-state index contributed by atoms with van der Waals surface area (Å²) in [6.07, 6.45) is 7.87. The van der Waals surface area contributed by atoms with Crippen LogP contribution < -0.4 is 4.90 Å². The van der Waals surface area contributed by atoms with Crippen LogP contribution in [0.25, 0.3) is 0 Å². The van der Waals surface area contributed by atoms with E-state index >= 15 is 0 Å². The number of likely N-dealkylation sites (tertiary alicyclic amines) is 1. The van der Waals surface area contributed by atoms with Gasteiger partial charge in [0.15, 0.2) is 5.82 Å². The van der Waals surface area contributed by atoms with Crippen molar-refractivity contribution in [2.75, 3.05) is 32.1 Å². The van der Waals surface area contributed by atoms with Crippen molar-refractivity contribution in [3.63, 3.8) is 0 Å². The van der Waals surface area contributed by atoms with E-state index in [-0.39, 0.29) is 5.91 Å². The van der Waals surface area contributed by atoms with E-state index in [2.05, 4.69) is 15.1 Å². The summed E-state index contributed by atoms with van der Waals surface area (Å²) in [6.45, 7) is 1.67. The third kappa shape index (κ3) is 4.78. The molecule has 134 valence electrons. The molecule has 2 aromatic rings. The Labute approximate surface area is 148 Å². The summed E-state index contributed by atoms with van der Waals surface area (Å²) in [4.78, 5) is 24.5. The molecule has 0 radical (unpaired) electrons. The third-order valence-electron chi connectivity index (χ3n) is 4.69. The summed E-state index contributed by atoms with van der Waals surface area (Å²) in [5.74, 6) is 1.59. The summed E-state index contributed by atoms with van der Waals surface area (Å²) in [5.41, 5.74) is 1.02. The van der Waals surface area contributed by atoms with Crippen LogP contribution in [0.1, 0.15) is 30.7 Å². The standard InChI is InChI=1S/C18H25N5O2/c1-22(2)18-20-16(21-25-18)4-3-14-7-11-23(12-8-14)17(24)13-15-5-9-19-10-6-15/h5-6,9-10,14H,3-4,7-8,11-13H2,1-2H3. The molecular formula is C18H25N5O2. The van der Waals surface area contributed by atoms with Crippen molar-refractivity contribution in [3.8, 4) is 0 Å². The highest BCUT2D eigenvalue weighted by molar-refractivity contribution is 5.78. The number of aryl methyl sites for hydroxylation is 1. The largest absolute Gasteiger partial charge is 0.342 e. The molecule has 0 bridgehead atoms. The van der Waals surface area contributed by atoms with Crippen LogP contribution in [0, 0.1) is 5.92 Å². The molecular weight excluding hydrogens is 318 g/mol. The Morgan fingerprint density at radius 1 is 1.28 bits per heavy atom. The molecule has 0 saturated carbocycles. The zero-order valence-corrected chi connectivity index (χ0v) is 14.9. The van der Waals surface area contributed by atoms with Gasteiger partial charge in [-0.25, -0.2) is 0 Å². The van der Waals surface area contributed by atoms with Crippen LogP contribution in [0.4, 0.5) is 6.01 Å². The Hall–Kier alpha value is -2.44. The van der Waals surface area contributed by atoms with Crippen molar-refractivity contribution in [2.24, 2.45) is 5.92 Å². The van der Waals surface area contributed by atoms with Crippen molar-refractivity contribution >= 4 is 11.9 Å². The van der Waals surface area contributed by atoms with Gasteiger partial charge < -0.3 is 14.3 Å². The van der Waals surface area contributed by atoms with E-state index in [1.807, 2.05) is 36.0 Å². The minimum atomic E-state index is 0.207. The molecule has 1 aliphatic heterocycles. The number of piperidine rings is 1. The number of anilines is 1. The number of hydrogen-bond acceptors (Lipinski definition) is 6. The lowest BCUT2D eigenvalue weighted by Gasteiger charge is -2.32. The zero-order chi connectivity index (χ0) is 17.6. The van der Waals surface area contributed by atoms with E-state index in [4.69, 9.17) is 4.52 Å². The maximum Gasteiger partial charge on any atom is 0.323 e. The van der Waals surface area contributed by atoms with E-state index in [0.29, 0.717) is 18.4 Å². The Bertz CT molecular complexity index is 678. The van der Waals surface area contributed by atoms with Gasteiger partial charge in [-0.1, -0.05) is 5.16 Å². The van der Waals surface area contributed by atoms with E-state index in [9.17, 15) is 4.79 Å². The molecule has 7 nitrogen and oxygen atoms in total. The molecule has 1 amide bonds. The second-order valence-electron chi connectivity index (χ2n) is 6.78. The average Bonchev–Trinajstić information content (AvgIpc) is 3.11. The van der Waals surface area contributed by atoms with Crippen LogP contribution in [0.2, 0.25) is 0 Å². The highest BCUT2D eigenvalue weighted by atomic mass is 16.5. The smallest absolute Gasteiger partial charge is 0.323 e. The fourth-order valence-electron chi connectivity index (χ4n) is 3.12. The molecule has 1 aliphatic rings. The molecule has 7 heteroatoms. The minimum Gasteiger partial charge on any atom is -0.342 e. The van der Waals surface area contributed by atoms with Gasteiger partial charge in [0.25, 0.3) is 0 Å². The molecule has 2 aromatic heterocycles. The first-order valence-electron chi connectivity index (χ1n) is 8.78. The molecule has 25 heavy (non-hydrogen) atoms. The van der Waals surface area contributed by atoms with E-state index in [0.717, 1.165) is 50.2 Å². The Morgan fingerprint density at radius 3 is 2.64 bits per heavy atom. The first-order chi connectivity index (χ1) is 12.1. The maximum atomic E-state index is 12.4. The SMILES string of the molecule is CN(C)c1nc(CCC2CCN(C(=O)Cc3ccncc3)CC2)no1. The molecule has 0 atom stereocenters. The van der Waals surface area contributed by atoms with Crippen molar-refractivity contribution in [3.05, 3.63) is 35.9 Å². The molecule has 0 N–H and O–H groups in total. The van der Waals surface area contributed by atoms with Crippen LogP contribution >= 0.6 is 0 Å². The van der Waals surface area contributed by atoms with Crippen molar-refractivity contribution in [1.29, 1.82) is 0 Å². The summed E-state index contributed by atoms with van der Waals surface area (Å²) < 4.78 is 5.18. The van der Waals surface area contributed by atoms with E-state index < -0.39 is 0 Å². The predicted octanol–water partition coefficient (Wildman–Crippen LogP) is 1.94. The minimum absolute atomic E-state index is 0.207. The topological polar surface area (TPSA) is 75.4 Å². The van der Waals surface area contributed by atoms with Crippen LogP contribution in [0.3, 0.4) is 0 Å². The molecule has 1 fully saturated rings. The Kier molecular flexibility index (Phi) is 5.63.